The Morgan fingerprint density at radius 3 is 2.68 bits per heavy atom. The van der Waals surface area contributed by atoms with E-state index in [0.717, 1.165) is 29.4 Å². The quantitative estimate of drug-likeness (QED) is 0.919. The maximum Gasteiger partial charge on any atom is 0.161 e. The third kappa shape index (κ3) is 3.68. The molecule has 5 nitrogen and oxygen atoms in total. The molecule has 0 spiro atoms. The lowest BCUT2D eigenvalue weighted by atomic mass is 10.2. The first-order chi connectivity index (χ1) is 10.7. The highest BCUT2D eigenvalue weighted by Gasteiger charge is 2.11. The van der Waals surface area contributed by atoms with Crippen LogP contribution >= 0.6 is 0 Å². The SMILES string of the molecule is CN(C)Cc1ccnc(NCc2ccc3c(c2)OCCO3)c1. The number of pyridine rings is 1. The van der Waals surface area contributed by atoms with Gasteiger partial charge in [0.1, 0.15) is 19.0 Å². The molecule has 0 aliphatic carbocycles. The van der Waals surface area contributed by atoms with Gasteiger partial charge in [0.15, 0.2) is 11.5 Å². The van der Waals surface area contributed by atoms with Crippen molar-refractivity contribution in [2.24, 2.45) is 0 Å². The summed E-state index contributed by atoms with van der Waals surface area (Å²) in [6.45, 7) is 2.83. The van der Waals surface area contributed by atoms with E-state index in [9.17, 15) is 0 Å². The van der Waals surface area contributed by atoms with Crippen molar-refractivity contribution in [3.63, 3.8) is 0 Å². The molecule has 2 aromatic rings. The zero-order valence-electron chi connectivity index (χ0n) is 13.0. The van der Waals surface area contributed by atoms with Crippen LogP contribution in [0, 0.1) is 0 Å². The Balaban J connectivity index is 1.65. The van der Waals surface area contributed by atoms with Crippen LogP contribution < -0.4 is 14.8 Å². The molecule has 0 saturated carbocycles. The number of anilines is 1. The van der Waals surface area contributed by atoms with Gasteiger partial charge in [0.25, 0.3) is 0 Å². The zero-order chi connectivity index (χ0) is 15.4. The number of nitrogens with one attached hydrogen (secondary N) is 1. The molecule has 1 aromatic heterocycles. The van der Waals surface area contributed by atoms with Crippen LogP contribution in [0.15, 0.2) is 36.5 Å². The third-order valence-corrected chi connectivity index (χ3v) is 3.40. The van der Waals surface area contributed by atoms with E-state index in [2.05, 4.69) is 35.4 Å². The van der Waals surface area contributed by atoms with Gasteiger partial charge in [-0.25, -0.2) is 4.98 Å². The number of benzene rings is 1. The normalized spacial score (nSPS) is 13.2. The van der Waals surface area contributed by atoms with E-state index in [1.54, 1.807) is 0 Å². The number of aromatic nitrogens is 1. The third-order valence-electron chi connectivity index (χ3n) is 3.40. The number of nitrogens with zero attached hydrogens (tertiary/aromatic N) is 2. The molecule has 1 N–H and O–H groups in total. The molecule has 0 fully saturated rings. The molecule has 1 aliphatic rings. The summed E-state index contributed by atoms with van der Waals surface area (Å²) in [5.74, 6) is 2.52. The second kappa shape index (κ2) is 6.66. The first kappa shape index (κ1) is 14.7. The zero-order valence-corrected chi connectivity index (χ0v) is 13.0. The van der Waals surface area contributed by atoms with Gasteiger partial charge in [-0.1, -0.05) is 6.07 Å². The molecule has 0 radical (unpaired) electrons. The lowest BCUT2D eigenvalue weighted by molar-refractivity contribution is 0.171. The average molecular weight is 299 g/mol. The molecule has 1 aromatic carbocycles. The second-order valence-corrected chi connectivity index (χ2v) is 5.62. The van der Waals surface area contributed by atoms with Gasteiger partial charge < -0.3 is 19.7 Å². The summed E-state index contributed by atoms with van der Waals surface area (Å²) >= 11 is 0. The van der Waals surface area contributed by atoms with Gasteiger partial charge in [-0.15, -0.1) is 0 Å². The van der Waals surface area contributed by atoms with Crippen molar-refractivity contribution in [2.75, 3.05) is 32.6 Å². The van der Waals surface area contributed by atoms with Gasteiger partial charge in [-0.2, -0.15) is 0 Å². The fourth-order valence-electron chi connectivity index (χ4n) is 2.42. The highest BCUT2D eigenvalue weighted by molar-refractivity contribution is 5.45. The maximum atomic E-state index is 5.61. The van der Waals surface area contributed by atoms with Crippen LogP contribution in [0.25, 0.3) is 0 Å². The molecule has 1 aliphatic heterocycles. The monoisotopic (exact) mass is 299 g/mol. The van der Waals surface area contributed by atoms with Crippen molar-refractivity contribution >= 4 is 5.82 Å². The first-order valence-electron chi connectivity index (χ1n) is 7.43. The van der Waals surface area contributed by atoms with Crippen molar-refractivity contribution in [1.29, 1.82) is 0 Å². The van der Waals surface area contributed by atoms with Gasteiger partial charge >= 0.3 is 0 Å². The lowest BCUT2D eigenvalue weighted by Gasteiger charge is -2.19. The van der Waals surface area contributed by atoms with Crippen molar-refractivity contribution in [1.82, 2.24) is 9.88 Å². The van der Waals surface area contributed by atoms with E-state index in [-0.39, 0.29) is 0 Å². The average Bonchev–Trinajstić information content (AvgIpc) is 2.52. The number of hydrogen-bond donors (Lipinski definition) is 1. The summed E-state index contributed by atoms with van der Waals surface area (Å²) in [6.07, 6.45) is 1.84. The van der Waals surface area contributed by atoms with Gasteiger partial charge in [0, 0.05) is 19.3 Å². The molecule has 5 heteroatoms. The molecular weight excluding hydrogens is 278 g/mol. The first-order valence-corrected chi connectivity index (χ1v) is 7.43. The van der Waals surface area contributed by atoms with E-state index in [1.807, 2.05) is 30.5 Å². The van der Waals surface area contributed by atoms with Crippen LogP contribution in [-0.2, 0) is 13.1 Å². The Hall–Kier alpha value is -2.27. The second-order valence-electron chi connectivity index (χ2n) is 5.62. The summed E-state index contributed by atoms with van der Waals surface area (Å²) in [7, 11) is 4.12. The van der Waals surface area contributed by atoms with Crippen molar-refractivity contribution in [2.45, 2.75) is 13.1 Å². The van der Waals surface area contributed by atoms with Crippen molar-refractivity contribution in [3.8, 4) is 11.5 Å². The van der Waals surface area contributed by atoms with E-state index in [4.69, 9.17) is 9.47 Å². The Bertz CT molecular complexity index is 644. The van der Waals surface area contributed by atoms with Crippen LogP contribution in [0.5, 0.6) is 11.5 Å². The minimum absolute atomic E-state index is 0.609. The van der Waals surface area contributed by atoms with E-state index in [0.29, 0.717) is 19.8 Å². The molecule has 3 rings (SSSR count). The number of fused-ring (bicyclic) bond motifs is 1. The predicted octanol–water partition coefficient (Wildman–Crippen LogP) is 2.53. The lowest BCUT2D eigenvalue weighted by Crippen LogP contribution is -2.15. The molecule has 0 bridgehead atoms. The largest absolute Gasteiger partial charge is 0.486 e. The highest BCUT2D eigenvalue weighted by atomic mass is 16.6. The Kier molecular flexibility index (Phi) is 4.44. The maximum absolute atomic E-state index is 5.61. The standard InChI is InChI=1S/C17H21N3O2/c1-20(2)12-14-5-6-18-17(10-14)19-11-13-3-4-15-16(9-13)22-8-7-21-15/h3-6,9-10H,7-8,11-12H2,1-2H3,(H,18,19). The van der Waals surface area contributed by atoms with E-state index < -0.39 is 0 Å². The molecule has 116 valence electrons. The van der Waals surface area contributed by atoms with Crippen molar-refractivity contribution in [3.05, 3.63) is 47.7 Å². The van der Waals surface area contributed by atoms with E-state index in [1.165, 1.54) is 5.56 Å². The van der Waals surface area contributed by atoms with Crippen LogP contribution in [0.2, 0.25) is 0 Å². The van der Waals surface area contributed by atoms with Gasteiger partial charge in [0.05, 0.1) is 0 Å². The Morgan fingerprint density at radius 2 is 1.86 bits per heavy atom. The summed E-state index contributed by atoms with van der Waals surface area (Å²) in [6, 6.07) is 10.1. The van der Waals surface area contributed by atoms with E-state index >= 15 is 0 Å². The summed E-state index contributed by atoms with van der Waals surface area (Å²) in [5, 5.41) is 3.36. The van der Waals surface area contributed by atoms with Crippen LogP contribution in [-0.4, -0.2) is 37.2 Å². The van der Waals surface area contributed by atoms with Gasteiger partial charge in [-0.05, 0) is 49.5 Å². The molecule has 0 unspecified atom stereocenters. The predicted molar refractivity (Wildman–Crippen MR) is 86.4 cm³/mol. The summed E-state index contributed by atoms with van der Waals surface area (Å²) in [5.41, 5.74) is 2.38. The van der Waals surface area contributed by atoms with Gasteiger partial charge in [-0.3, -0.25) is 0 Å². The molecule has 0 amide bonds. The Morgan fingerprint density at radius 1 is 1.05 bits per heavy atom. The topological polar surface area (TPSA) is 46.6 Å². The van der Waals surface area contributed by atoms with Crippen LogP contribution in [0.4, 0.5) is 5.82 Å². The highest BCUT2D eigenvalue weighted by Crippen LogP contribution is 2.30. The van der Waals surface area contributed by atoms with Crippen LogP contribution in [0.3, 0.4) is 0 Å². The fraction of sp³-hybridized carbons (Fsp3) is 0.353. The minimum atomic E-state index is 0.609. The summed E-state index contributed by atoms with van der Waals surface area (Å²) < 4.78 is 11.1. The number of hydrogen-bond acceptors (Lipinski definition) is 5. The minimum Gasteiger partial charge on any atom is -0.486 e. The fourth-order valence-corrected chi connectivity index (χ4v) is 2.42. The molecule has 0 saturated heterocycles. The van der Waals surface area contributed by atoms with Crippen molar-refractivity contribution < 1.29 is 9.47 Å². The molecule has 0 atom stereocenters. The molecule has 22 heavy (non-hydrogen) atoms. The molecular formula is C17H21N3O2. The number of rotatable bonds is 5. The smallest absolute Gasteiger partial charge is 0.161 e. The summed E-state index contributed by atoms with van der Waals surface area (Å²) in [4.78, 5) is 6.50. The Labute approximate surface area is 130 Å². The van der Waals surface area contributed by atoms with Crippen LogP contribution in [0.1, 0.15) is 11.1 Å². The van der Waals surface area contributed by atoms with Gasteiger partial charge in [0.2, 0.25) is 0 Å². The molecule has 2 heterocycles. The number of ether oxygens (including phenoxy) is 2.